The molecule has 0 spiro atoms. The van der Waals surface area contributed by atoms with Crippen LogP contribution >= 0.6 is 0 Å². The van der Waals surface area contributed by atoms with Crippen LogP contribution in [0.3, 0.4) is 0 Å². The molecule has 2 aliphatic rings. The van der Waals surface area contributed by atoms with Crippen molar-refractivity contribution >= 4 is 6.21 Å². The second-order valence-electron chi connectivity index (χ2n) is 7.27. The molecule has 144 valence electrons. The van der Waals surface area contributed by atoms with E-state index in [-0.39, 0.29) is 12.7 Å². The number of nitrogens with one attached hydrogen (secondary N) is 2. The Bertz CT molecular complexity index is 775. The Balaban J connectivity index is 1.76. The maximum absolute atomic E-state index is 12.5. The Morgan fingerprint density at radius 3 is 2.93 bits per heavy atom. The van der Waals surface area contributed by atoms with Gasteiger partial charge in [0.15, 0.2) is 0 Å². The van der Waals surface area contributed by atoms with Gasteiger partial charge in [0.25, 0.3) is 0 Å². The minimum Gasteiger partial charge on any atom is -0.361 e. The highest BCUT2D eigenvalue weighted by Gasteiger charge is 2.26. The number of likely N-dealkylation sites (N-methyl/N-ethyl adjacent to an activating group) is 1. The molecule has 1 fully saturated rings. The lowest BCUT2D eigenvalue weighted by atomic mass is 9.77. The highest BCUT2D eigenvalue weighted by atomic mass is 19.1. The molecule has 1 unspecified atom stereocenters. The number of halogens is 1. The molecule has 2 N–H and O–H groups in total. The Morgan fingerprint density at radius 1 is 1.48 bits per heavy atom. The summed E-state index contributed by atoms with van der Waals surface area (Å²) in [6.45, 7) is 6.49. The Kier molecular flexibility index (Phi) is 6.56. The van der Waals surface area contributed by atoms with Gasteiger partial charge < -0.3 is 10.6 Å². The van der Waals surface area contributed by atoms with E-state index in [2.05, 4.69) is 33.3 Å². The first kappa shape index (κ1) is 19.5. The third-order valence-corrected chi connectivity index (χ3v) is 5.45. The van der Waals surface area contributed by atoms with Crippen molar-refractivity contribution in [2.24, 2.45) is 10.9 Å². The largest absolute Gasteiger partial charge is 0.361 e. The Morgan fingerprint density at radius 2 is 2.30 bits per heavy atom. The third kappa shape index (κ3) is 4.53. The second-order valence-corrected chi connectivity index (χ2v) is 7.27. The molecule has 0 amide bonds. The van der Waals surface area contributed by atoms with Crippen LogP contribution in [-0.4, -0.2) is 31.0 Å². The summed E-state index contributed by atoms with van der Waals surface area (Å²) >= 11 is 0. The van der Waals surface area contributed by atoms with Gasteiger partial charge in [0.05, 0.1) is 19.3 Å². The van der Waals surface area contributed by atoms with Crippen molar-refractivity contribution in [2.45, 2.75) is 45.2 Å². The minimum absolute atomic E-state index is 0.119. The molecule has 1 saturated carbocycles. The molecule has 0 radical (unpaired) electrons. The highest BCUT2D eigenvalue weighted by Crippen LogP contribution is 2.36. The van der Waals surface area contributed by atoms with Crippen molar-refractivity contribution in [1.82, 2.24) is 15.6 Å². The summed E-state index contributed by atoms with van der Waals surface area (Å²) in [4.78, 5) is 9.04. The van der Waals surface area contributed by atoms with Crippen LogP contribution in [0, 0.1) is 12.8 Å². The molecule has 0 aromatic carbocycles. The van der Waals surface area contributed by atoms with E-state index in [1.54, 1.807) is 6.20 Å². The first-order valence-electron chi connectivity index (χ1n) is 9.68. The van der Waals surface area contributed by atoms with Crippen LogP contribution in [0.1, 0.15) is 36.1 Å². The molecule has 5 heteroatoms. The van der Waals surface area contributed by atoms with Gasteiger partial charge in [0.2, 0.25) is 0 Å². The van der Waals surface area contributed by atoms with Gasteiger partial charge in [-0.25, -0.2) is 0 Å². The van der Waals surface area contributed by atoms with E-state index in [0.717, 1.165) is 28.1 Å². The van der Waals surface area contributed by atoms with Crippen LogP contribution in [0.4, 0.5) is 4.39 Å². The summed E-state index contributed by atoms with van der Waals surface area (Å²) in [5, 5.41) is 6.71. The van der Waals surface area contributed by atoms with E-state index in [0.29, 0.717) is 18.9 Å². The van der Waals surface area contributed by atoms with Crippen molar-refractivity contribution in [1.29, 1.82) is 0 Å². The summed E-state index contributed by atoms with van der Waals surface area (Å²) in [7, 11) is 1.95. The molecule has 0 saturated heterocycles. The van der Waals surface area contributed by atoms with Crippen LogP contribution < -0.4 is 10.6 Å². The number of rotatable bonds is 8. The van der Waals surface area contributed by atoms with Crippen LogP contribution in [0.2, 0.25) is 0 Å². The lowest BCUT2D eigenvalue weighted by Gasteiger charge is -2.32. The number of hydrogen-bond acceptors (Lipinski definition) is 4. The van der Waals surface area contributed by atoms with E-state index in [9.17, 15) is 4.39 Å². The topological polar surface area (TPSA) is 49.3 Å². The zero-order valence-corrected chi connectivity index (χ0v) is 16.3. The molecule has 1 aliphatic heterocycles. The molecule has 1 aliphatic carbocycles. The molecule has 27 heavy (non-hydrogen) atoms. The smallest absolute Gasteiger partial charge is 0.0949 e. The van der Waals surface area contributed by atoms with Gasteiger partial charge in [-0.05, 0) is 61.7 Å². The summed E-state index contributed by atoms with van der Waals surface area (Å²) in [6.07, 6.45) is 11.9. The summed E-state index contributed by atoms with van der Waals surface area (Å²) in [6, 6.07) is 2.17. The van der Waals surface area contributed by atoms with Crippen molar-refractivity contribution in [3.63, 3.8) is 0 Å². The molecule has 1 aromatic rings. The molecular formula is C22H29FN4. The first-order valence-corrected chi connectivity index (χ1v) is 9.68. The Hall–Kier alpha value is -2.27. The zero-order chi connectivity index (χ0) is 19.2. The van der Waals surface area contributed by atoms with Gasteiger partial charge in [-0.3, -0.25) is 14.4 Å². The standard InChI is InChI=1S/C22H29FN4/c1-15-11-17(13-27-20(15)7-9-23)12-25-14-19-21(24-3)8-10-26-22(19)16(2)18-5-4-6-18/h8,10-11,13-14,18,21,24,26H,2,4-7,9,12H2,1,3H3. The molecule has 0 bridgehead atoms. The predicted octanol–water partition coefficient (Wildman–Crippen LogP) is 3.79. The number of aryl methyl sites for hydroxylation is 2. The normalized spacial score (nSPS) is 20.0. The number of aliphatic imine (C=N–C) groups is 1. The SMILES string of the molecule is C=C(C1=C(C=NCc2cnc(CCF)c(C)c2)C(NC)C=CN1)C1CCC1. The molecule has 3 rings (SSSR count). The van der Waals surface area contributed by atoms with Gasteiger partial charge >= 0.3 is 0 Å². The molecule has 2 heterocycles. The second kappa shape index (κ2) is 9.09. The van der Waals surface area contributed by atoms with Gasteiger partial charge in [0.1, 0.15) is 0 Å². The quantitative estimate of drug-likeness (QED) is 0.687. The average Bonchev–Trinajstić information content (AvgIpc) is 2.62. The fourth-order valence-electron chi connectivity index (χ4n) is 3.55. The molecule has 4 nitrogen and oxygen atoms in total. The monoisotopic (exact) mass is 368 g/mol. The van der Waals surface area contributed by atoms with E-state index < -0.39 is 0 Å². The number of nitrogens with zero attached hydrogens (tertiary/aromatic N) is 2. The first-order chi connectivity index (χ1) is 13.1. The maximum atomic E-state index is 12.5. The summed E-state index contributed by atoms with van der Waals surface area (Å²) in [5.74, 6) is 0.579. The zero-order valence-electron chi connectivity index (χ0n) is 16.3. The van der Waals surface area contributed by atoms with Crippen molar-refractivity contribution in [3.8, 4) is 0 Å². The number of aromatic nitrogens is 1. The number of allylic oxidation sites excluding steroid dienone is 1. The van der Waals surface area contributed by atoms with Crippen molar-refractivity contribution in [2.75, 3.05) is 13.7 Å². The highest BCUT2D eigenvalue weighted by molar-refractivity contribution is 5.84. The van der Waals surface area contributed by atoms with Crippen LogP contribution in [0.25, 0.3) is 0 Å². The van der Waals surface area contributed by atoms with E-state index in [4.69, 9.17) is 0 Å². The summed E-state index contributed by atoms with van der Waals surface area (Å²) < 4.78 is 12.5. The van der Waals surface area contributed by atoms with E-state index in [1.807, 2.05) is 32.5 Å². The van der Waals surface area contributed by atoms with Gasteiger partial charge in [-0.15, -0.1) is 0 Å². The fourth-order valence-corrected chi connectivity index (χ4v) is 3.55. The molecule has 1 atom stereocenters. The van der Waals surface area contributed by atoms with Gasteiger partial charge in [0, 0.05) is 35.8 Å². The van der Waals surface area contributed by atoms with Crippen molar-refractivity contribution in [3.05, 3.63) is 64.8 Å². The number of dihydropyridines is 1. The molecular weight excluding hydrogens is 339 g/mol. The lowest BCUT2D eigenvalue weighted by molar-refractivity contribution is 0.369. The number of alkyl halides is 1. The van der Waals surface area contributed by atoms with E-state index >= 15 is 0 Å². The minimum atomic E-state index is -0.376. The fraction of sp³-hybridized carbons (Fsp3) is 0.455. The van der Waals surface area contributed by atoms with E-state index in [1.165, 1.54) is 24.8 Å². The predicted molar refractivity (Wildman–Crippen MR) is 109 cm³/mol. The number of hydrogen-bond donors (Lipinski definition) is 2. The molecule has 1 aromatic heterocycles. The lowest BCUT2D eigenvalue weighted by Crippen LogP contribution is -2.34. The van der Waals surface area contributed by atoms with Gasteiger partial charge in [-0.2, -0.15) is 0 Å². The maximum Gasteiger partial charge on any atom is 0.0949 e. The van der Waals surface area contributed by atoms with Crippen molar-refractivity contribution < 1.29 is 4.39 Å². The average molecular weight is 369 g/mol. The third-order valence-electron chi connectivity index (χ3n) is 5.45. The van der Waals surface area contributed by atoms with Crippen LogP contribution in [-0.2, 0) is 13.0 Å². The number of pyridine rings is 1. The van der Waals surface area contributed by atoms with Gasteiger partial charge in [-0.1, -0.05) is 19.1 Å². The Labute approximate surface area is 161 Å². The van der Waals surface area contributed by atoms with Crippen LogP contribution in [0.15, 0.2) is 53.0 Å². The van der Waals surface area contributed by atoms with Crippen LogP contribution in [0.5, 0.6) is 0 Å². The summed E-state index contributed by atoms with van der Waals surface area (Å²) in [5.41, 5.74) is 6.28.